The first kappa shape index (κ1) is 14.4. The summed E-state index contributed by atoms with van der Waals surface area (Å²) in [4.78, 5) is 16.0. The van der Waals surface area contributed by atoms with Crippen molar-refractivity contribution in [3.05, 3.63) is 29.8 Å². The molecule has 2 aliphatic rings. The van der Waals surface area contributed by atoms with Crippen molar-refractivity contribution >= 4 is 11.7 Å². The quantitative estimate of drug-likeness (QED) is 0.903. The maximum absolute atomic E-state index is 11.2. The number of para-hydroxylation sites is 1. The Labute approximate surface area is 126 Å². The van der Waals surface area contributed by atoms with E-state index in [-0.39, 0.29) is 12.3 Å². The van der Waals surface area contributed by atoms with E-state index in [1.54, 1.807) is 0 Å². The Morgan fingerprint density at radius 1 is 1.24 bits per heavy atom. The van der Waals surface area contributed by atoms with E-state index in [1.165, 1.54) is 24.1 Å². The second-order valence-electron chi connectivity index (χ2n) is 6.39. The molecule has 114 valence electrons. The van der Waals surface area contributed by atoms with E-state index in [0.717, 1.165) is 26.2 Å². The van der Waals surface area contributed by atoms with Gasteiger partial charge in [-0.1, -0.05) is 18.2 Å². The molecule has 0 radical (unpaired) electrons. The van der Waals surface area contributed by atoms with Gasteiger partial charge in [-0.2, -0.15) is 0 Å². The average Bonchev–Trinajstić information content (AvgIpc) is 3.30. The van der Waals surface area contributed by atoms with Gasteiger partial charge in [0.1, 0.15) is 0 Å². The summed E-state index contributed by atoms with van der Waals surface area (Å²) in [6.07, 6.45) is 2.61. The van der Waals surface area contributed by atoms with Gasteiger partial charge in [0.05, 0.1) is 6.42 Å². The van der Waals surface area contributed by atoms with Gasteiger partial charge in [-0.05, 0) is 43.4 Å². The Morgan fingerprint density at radius 2 is 1.90 bits per heavy atom. The molecule has 0 amide bonds. The summed E-state index contributed by atoms with van der Waals surface area (Å²) in [7, 11) is 2.15. The molecule has 0 spiro atoms. The zero-order valence-electron chi connectivity index (χ0n) is 12.7. The summed E-state index contributed by atoms with van der Waals surface area (Å²) >= 11 is 0. The molecule has 1 unspecified atom stereocenters. The van der Waals surface area contributed by atoms with Crippen molar-refractivity contribution in [2.24, 2.45) is 5.92 Å². The van der Waals surface area contributed by atoms with Gasteiger partial charge in [0.2, 0.25) is 0 Å². The first-order valence-electron chi connectivity index (χ1n) is 7.89. The minimum atomic E-state index is -0.680. The van der Waals surface area contributed by atoms with Crippen LogP contribution in [0.5, 0.6) is 0 Å². The molecular weight excluding hydrogens is 264 g/mol. The second-order valence-corrected chi connectivity index (χ2v) is 6.39. The highest BCUT2D eigenvalue weighted by molar-refractivity contribution is 5.69. The van der Waals surface area contributed by atoms with Crippen LogP contribution in [-0.2, 0) is 4.79 Å². The van der Waals surface area contributed by atoms with E-state index in [2.05, 4.69) is 35.0 Å². The summed E-state index contributed by atoms with van der Waals surface area (Å²) in [6, 6.07) is 8.42. The SMILES string of the molecule is CN1CCN(c2ccccc2C(CC(=O)O)C2CC2)CC1. The summed E-state index contributed by atoms with van der Waals surface area (Å²) in [6.45, 7) is 4.19. The molecule has 1 atom stereocenters. The van der Waals surface area contributed by atoms with E-state index in [9.17, 15) is 9.90 Å². The minimum Gasteiger partial charge on any atom is -0.481 e. The molecule has 1 aliphatic heterocycles. The fourth-order valence-electron chi connectivity index (χ4n) is 3.35. The van der Waals surface area contributed by atoms with Gasteiger partial charge in [0, 0.05) is 31.9 Å². The number of hydrogen-bond acceptors (Lipinski definition) is 3. The predicted molar refractivity (Wildman–Crippen MR) is 83.9 cm³/mol. The molecule has 1 saturated carbocycles. The van der Waals surface area contributed by atoms with E-state index in [0.29, 0.717) is 5.92 Å². The maximum Gasteiger partial charge on any atom is 0.303 e. The highest BCUT2D eigenvalue weighted by Crippen LogP contribution is 2.47. The summed E-state index contributed by atoms with van der Waals surface area (Å²) < 4.78 is 0. The molecule has 1 N–H and O–H groups in total. The van der Waals surface area contributed by atoms with Crippen LogP contribution in [0.15, 0.2) is 24.3 Å². The number of piperazine rings is 1. The number of likely N-dealkylation sites (N-methyl/N-ethyl adjacent to an activating group) is 1. The minimum absolute atomic E-state index is 0.179. The third kappa shape index (κ3) is 3.38. The monoisotopic (exact) mass is 288 g/mol. The molecule has 0 bridgehead atoms. The van der Waals surface area contributed by atoms with Gasteiger partial charge in [-0.15, -0.1) is 0 Å². The van der Waals surface area contributed by atoms with Crippen molar-refractivity contribution in [1.82, 2.24) is 4.90 Å². The fraction of sp³-hybridized carbons (Fsp3) is 0.588. The smallest absolute Gasteiger partial charge is 0.303 e. The molecule has 2 fully saturated rings. The van der Waals surface area contributed by atoms with Gasteiger partial charge >= 0.3 is 5.97 Å². The van der Waals surface area contributed by atoms with Gasteiger partial charge in [0.15, 0.2) is 0 Å². The Balaban J connectivity index is 1.85. The first-order valence-corrected chi connectivity index (χ1v) is 7.89. The lowest BCUT2D eigenvalue weighted by Crippen LogP contribution is -2.45. The van der Waals surface area contributed by atoms with Crippen LogP contribution in [0.4, 0.5) is 5.69 Å². The van der Waals surface area contributed by atoms with Crippen molar-refractivity contribution in [1.29, 1.82) is 0 Å². The summed E-state index contributed by atoms with van der Waals surface area (Å²) in [5.41, 5.74) is 2.50. The van der Waals surface area contributed by atoms with Crippen LogP contribution in [0.25, 0.3) is 0 Å². The van der Waals surface area contributed by atoms with E-state index in [1.807, 2.05) is 6.07 Å². The Hall–Kier alpha value is -1.55. The zero-order chi connectivity index (χ0) is 14.8. The Kier molecular flexibility index (Phi) is 4.15. The molecule has 3 rings (SSSR count). The fourth-order valence-corrected chi connectivity index (χ4v) is 3.35. The molecule has 0 aromatic heterocycles. The van der Waals surface area contributed by atoms with Crippen molar-refractivity contribution in [3.63, 3.8) is 0 Å². The molecule has 4 heteroatoms. The average molecular weight is 288 g/mol. The number of nitrogens with zero attached hydrogens (tertiary/aromatic N) is 2. The first-order chi connectivity index (χ1) is 10.1. The van der Waals surface area contributed by atoms with Crippen molar-refractivity contribution in [3.8, 4) is 0 Å². The number of benzene rings is 1. The molecule has 21 heavy (non-hydrogen) atoms. The van der Waals surface area contributed by atoms with Gasteiger partial charge in [-0.3, -0.25) is 4.79 Å². The number of hydrogen-bond donors (Lipinski definition) is 1. The topological polar surface area (TPSA) is 43.8 Å². The van der Waals surface area contributed by atoms with Crippen LogP contribution in [0.2, 0.25) is 0 Å². The number of anilines is 1. The molecule has 1 aromatic carbocycles. The van der Waals surface area contributed by atoms with Crippen LogP contribution in [0.3, 0.4) is 0 Å². The molecule has 1 saturated heterocycles. The number of rotatable bonds is 5. The maximum atomic E-state index is 11.2. The third-order valence-electron chi connectivity index (χ3n) is 4.77. The van der Waals surface area contributed by atoms with Crippen molar-refractivity contribution in [2.45, 2.75) is 25.2 Å². The van der Waals surface area contributed by atoms with E-state index in [4.69, 9.17) is 0 Å². The number of aliphatic carboxylic acids is 1. The number of carbonyl (C=O) groups is 1. The van der Waals surface area contributed by atoms with Gasteiger partial charge < -0.3 is 14.9 Å². The van der Waals surface area contributed by atoms with Crippen LogP contribution < -0.4 is 4.90 Å². The number of carboxylic acids is 1. The zero-order valence-corrected chi connectivity index (χ0v) is 12.7. The van der Waals surface area contributed by atoms with Crippen LogP contribution >= 0.6 is 0 Å². The molecule has 1 aromatic rings. The second kappa shape index (κ2) is 6.06. The molecule has 1 heterocycles. The predicted octanol–water partition coefficient (Wildman–Crippen LogP) is 2.41. The molecule has 4 nitrogen and oxygen atoms in total. The Bertz CT molecular complexity index is 505. The van der Waals surface area contributed by atoms with Gasteiger partial charge in [0.25, 0.3) is 0 Å². The Morgan fingerprint density at radius 3 is 2.52 bits per heavy atom. The largest absolute Gasteiger partial charge is 0.481 e. The number of carboxylic acid groups (broad SMARTS) is 1. The van der Waals surface area contributed by atoms with Crippen molar-refractivity contribution in [2.75, 3.05) is 38.1 Å². The normalized spacial score (nSPS) is 21.3. The lowest BCUT2D eigenvalue weighted by atomic mass is 9.89. The molecular formula is C17H24N2O2. The van der Waals surface area contributed by atoms with Crippen LogP contribution in [-0.4, -0.2) is 49.2 Å². The van der Waals surface area contributed by atoms with Crippen LogP contribution in [0, 0.1) is 5.92 Å². The highest BCUT2D eigenvalue weighted by atomic mass is 16.4. The molecule has 1 aliphatic carbocycles. The van der Waals surface area contributed by atoms with Gasteiger partial charge in [-0.25, -0.2) is 0 Å². The summed E-state index contributed by atoms with van der Waals surface area (Å²) in [5, 5.41) is 9.24. The van der Waals surface area contributed by atoms with Crippen molar-refractivity contribution < 1.29 is 9.90 Å². The third-order valence-corrected chi connectivity index (χ3v) is 4.77. The lowest BCUT2D eigenvalue weighted by molar-refractivity contribution is -0.137. The van der Waals surface area contributed by atoms with E-state index >= 15 is 0 Å². The van der Waals surface area contributed by atoms with E-state index < -0.39 is 5.97 Å². The standard InChI is InChI=1S/C17H24N2O2/c1-18-8-10-19(11-9-18)16-5-3-2-4-14(16)15(12-17(20)21)13-6-7-13/h2-5,13,15H,6-12H2,1H3,(H,20,21). The lowest BCUT2D eigenvalue weighted by Gasteiger charge is -2.36. The highest BCUT2D eigenvalue weighted by Gasteiger charge is 2.35. The van der Waals surface area contributed by atoms with Crippen LogP contribution in [0.1, 0.15) is 30.7 Å². The summed E-state index contributed by atoms with van der Waals surface area (Å²) in [5.74, 6) is 0.0631.